The summed E-state index contributed by atoms with van der Waals surface area (Å²) in [6.07, 6.45) is 2.73. The summed E-state index contributed by atoms with van der Waals surface area (Å²) in [4.78, 5) is 11.1. The van der Waals surface area contributed by atoms with Crippen LogP contribution in [0.3, 0.4) is 0 Å². The normalized spacial score (nSPS) is 15.3. The summed E-state index contributed by atoms with van der Waals surface area (Å²) in [6, 6.07) is 3.87. The van der Waals surface area contributed by atoms with Crippen molar-refractivity contribution in [1.29, 1.82) is 0 Å². The van der Waals surface area contributed by atoms with Crippen LogP contribution in [0.15, 0.2) is 23.1 Å². The molecular weight excluding hydrogens is 292 g/mol. The second kappa shape index (κ2) is 6.03. The molecular formula is C14H20N2O4S. The van der Waals surface area contributed by atoms with Crippen molar-refractivity contribution in [3.05, 3.63) is 23.8 Å². The molecule has 1 aliphatic rings. The van der Waals surface area contributed by atoms with E-state index < -0.39 is 16.0 Å². The number of nitrogens with zero attached hydrogens (tertiary/aromatic N) is 1. The number of anilines is 1. The minimum absolute atomic E-state index is 0.218. The fourth-order valence-corrected chi connectivity index (χ4v) is 4.04. The van der Waals surface area contributed by atoms with Crippen LogP contribution in [0.5, 0.6) is 0 Å². The second-order valence-corrected chi connectivity index (χ2v) is 7.27. The molecule has 0 amide bonds. The van der Waals surface area contributed by atoms with Gasteiger partial charge < -0.3 is 10.8 Å². The zero-order chi connectivity index (χ0) is 15.6. The number of nitrogens with two attached hydrogens (primary N) is 1. The predicted octanol–water partition coefficient (Wildman–Crippen LogP) is 1.78. The van der Waals surface area contributed by atoms with E-state index in [1.54, 1.807) is 0 Å². The molecule has 0 radical (unpaired) electrons. The van der Waals surface area contributed by atoms with Crippen LogP contribution < -0.4 is 5.73 Å². The highest BCUT2D eigenvalue weighted by atomic mass is 32.2. The standard InChI is InChI=1S/C14H20N2O4S/c1-2-7-16(9-10-3-4-10)21(19,20)13-8-11(15)5-6-12(13)14(17)18/h5-6,8,10H,2-4,7,9,15H2,1H3,(H,17,18). The molecule has 0 heterocycles. The van der Waals surface area contributed by atoms with Gasteiger partial charge in [0.25, 0.3) is 0 Å². The molecule has 0 unspecified atom stereocenters. The van der Waals surface area contributed by atoms with Crippen molar-refractivity contribution in [3.8, 4) is 0 Å². The molecule has 1 saturated carbocycles. The summed E-state index contributed by atoms with van der Waals surface area (Å²) in [5.41, 5.74) is 5.64. The Balaban J connectivity index is 2.44. The van der Waals surface area contributed by atoms with Crippen LogP contribution in [0.2, 0.25) is 0 Å². The maximum absolute atomic E-state index is 12.8. The quantitative estimate of drug-likeness (QED) is 0.747. The number of carboxylic acids is 1. The number of carboxylic acid groups (broad SMARTS) is 1. The molecule has 6 nitrogen and oxygen atoms in total. The molecule has 1 aromatic carbocycles. The van der Waals surface area contributed by atoms with Crippen molar-refractivity contribution in [2.24, 2.45) is 5.92 Å². The van der Waals surface area contributed by atoms with Gasteiger partial charge in [-0.05, 0) is 43.4 Å². The van der Waals surface area contributed by atoms with Gasteiger partial charge in [-0.1, -0.05) is 6.92 Å². The molecule has 0 bridgehead atoms. The van der Waals surface area contributed by atoms with Crippen LogP contribution >= 0.6 is 0 Å². The van der Waals surface area contributed by atoms with Gasteiger partial charge in [0.2, 0.25) is 10.0 Å². The summed E-state index contributed by atoms with van der Waals surface area (Å²) in [6.45, 7) is 2.73. The Kier molecular flexibility index (Phi) is 4.53. The van der Waals surface area contributed by atoms with Gasteiger partial charge >= 0.3 is 5.97 Å². The Labute approximate surface area is 124 Å². The molecule has 1 fully saturated rings. The van der Waals surface area contributed by atoms with Gasteiger partial charge in [0.15, 0.2) is 0 Å². The maximum atomic E-state index is 12.8. The zero-order valence-electron chi connectivity index (χ0n) is 11.9. The van der Waals surface area contributed by atoms with E-state index in [0.717, 1.165) is 12.8 Å². The van der Waals surface area contributed by atoms with Crippen molar-refractivity contribution in [2.45, 2.75) is 31.1 Å². The smallest absolute Gasteiger partial charge is 0.337 e. The van der Waals surface area contributed by atoms with Gasteiger partial charge in [-0.2, -0.15) is 4.31 Å². The lowest BCUT2D eigenvalue weighted by Crippen LogP contribution is -2.34. The van der Waals surface area contributed by atoms with Crippen LogP contribution in [0.1, 0.15) is 36.5 Å². The summed E-state index contributed by atoms with van der Waals surface area (Å²) >= 11 is 0. The van der Waals surface area contributed by atoms with Gasteiger partial charge in [-0.15, -0.1) is 0 Å². The third-order valence-corrected chi connectivity index (χ3v) is 5.39. The Morgan fingerprint density at radius 1 is 1.43 bits per heavy atom. The highest BCUT2D eigenvalue weighted by Crippen LogP contribution is 2.32. The molecule has 116 valence electrons. The Bertz CT molecular complexity index is 638. The molecule has 0 aromatic heterocycles. The highest BCUT2D eigenvalue weighted by molar-refractivity contribution is 7.89. The summed E-state index contributed by atoms with van der Waals surface area (Å²) < 4.78 is 26.9. The van der Waals surface area contributed by atoms with E-state index >= 15 is 0 Å². The van der Waals surface area contributed by atoms with Crippen LogP contribution in [-0.4, -0.2) is 36.9 Å². The third-order valence-electron chi connectivity index (χ3n) is 3.49. The number of aromatic carboxylic acids is 1. The fourth-order valence-electron chi connectivity index (χ4n) is 2.22. The molecule has 0 spiro atoms. The van der Waals surface area contributed by atoms with Crippen LogP contribution in [-0.2, 0) is 10.0 Å². The van der Waals surface area contributed by atoms with Crippen molar-refractivity contribution in [3.63, 3.8) is 0 Å². The Hall–Kier alpha value is -1.60. The molecule has 0 saturated heterocycles. The van der Waals surface area contributed by atoms with Crippen LogP contribution in [0.25, 0.3) is 0 Å². The van der Waals surface area contributed by atoms with E-state index in [1.165, 1.54) is 22.5 Å². The largest absolute Gasteiger partial charge is 0.478 e. The SMILES string of the molecule is CCCN(CC1CC1)S(=O)(=O)c1cc(N)ccc1C(=O)O. The van der Waals surface area contributed by atoms with Gasteiger partial charge in [-0.25, -0.2) is 13.2 Å². The van der Waals surface area contributed by atoms with Gasteiger partial charge in [0.05, 0.1) is 10.5 Å². The summed E-state index contributed by atoms with van der Waals surface area (Å²) in [5.74, 6) is -0.878. The average Bonchev–Trinajstić information content (AvgIpc) is 3.21. The van der Waals surface area contributed by atoms with Gasteiger partial charge in [0, 0.05) is 18.8 Å². The Morgan fingerprint density at radius 2 is 2.10 bits per heavy atom. The number of hydrogen-bond donors (Lipinski definition) is 2. The predicted molar refractivity (Wildman–Crippen MR) is 79.6 cm³/mol. The number of benzene rings is 1. The fraction of sp³-hybridized carbons (Fsp3) is 0.500. The first-order chi connectivity index (χ1) is 9.86. The lowest BCUT2D eigenvalue weighted by molar-refractivity contribution is 0.0692. The van der Waals surface area contributed by atoms with E-state index in [-0.39, 0.29) is 16.1 Å². The van der Waals surface area contributed by atoms with E-state index in [0.29, 0.717) is 25.4 Å². The summed E-state index contributed by atoms with van der Waals surface area (Å²) in [7, 11) is -3.84. The molecule has 21 heavy (non-hydrogen) atoms. The first-order valence-electron chi connectivity index (χ1n) is 6.99. The molecule has 3 N–H and O–H groups in total. The lowest BCUT2D eigenvalue weighted by Gasteiger charge is -2.22. The number of sulfonamides is 1. The molecule has 1 aromatic rings. The minimum Gasteiger partial charge on any atom is -0.478 e. The van der Waals surface area contributed by atoms with Crippen molar-refractivity contribution in [1.82, 2.24) is 4.31 Å². The van der Waals surface area contributed by atoms with Crippen molar-refractivity contribution in [2.75, 3.05) is 18.8 Å². The van der Waals surface area contributed by atoms with E-state index in [9.17, 15) is 18.3 Å². The second-order valence-electron chi connectivity index (χ2n) is 5.37. The van der Waals surface area contributed by atoms with Crippen LogP contribution in [0, 0.1) is 5.92 Å². The van der Waals surface area contributed by atoms with E-state index in [2.05, 4.69) is 0 Å². The van der Waals surface area contributed by atoms with Gasteiger partial charge in [0.1, 0.15) is 0 Å². The van der Waals surface area contributed by atoms with Gasteiger partial charge in [-0.3, -0.25) is 0 Å². The number of hydrogen-bond acceptors (Lipinski definition) is 4. The maximum Gasteiger partial charge on any atom is 0.337 e. The zero-order valence-corrected chi connectivity index (χ0v) is 12.8. The molecule has 2 rings (SSSR count). The van der Waals surface area contributed by atoms with Crippen molar-refractivity contribution < 1.29 is 18.3 Å². The molecule has 0 atom stereocenters. The monoisotopic (exact) mass is 312 g/mol. The number of nitrogen functional groups attached to an aromatic ring is 1. The highest BCUT2D eigenvalue weighted by Gasteiger charge is 2.33. The van der Waals surface area contributed by atoms with Crippen LogP contribution in [0.4, 0.5) is 5.69 Å². The summed E-state index contributed by atoms with van der Waals surface area (Å²) in [5, 5.41) is 9.20. The average molecular weight is 312 g/mol. The number of carbonyl (C=O) groups is 1. The third kappa shape index (κ3) is 3.54. The topological polar surface area (TPSA) is 101 Å². The van der Waals surface area contributed by atoms with Crippen molar-refractivity contribution >= 4 is 21.7 Å². The molecule has 7 heteroatoms. The lowest BCUT2D eigenvalue weighted by atomic mass is 10.2. The molecule has 0 aliphatic heterocycles. The minimum atomic E-state index is -3.84. The first kappa shape index (κ1) is 15.8. The van der Waals surface area contributed by atoms with E-state index in [1.807, 2.05) is 6.92 Å². The van der Waals surface area contributed by atoms with E-state index in [4.69, 9.17) is 5.73 Å². The number of rotatable bonds is 7. The molecule has 1 aliphatic carbocycles. The first-order valence-corrected chi connectivity index (χ1v) is 8.43. The Morgan fingerprint density at radius 3 is 2.62 bits per heavy atom.